The highest BCUT2D eigenvalue weighted by atomic mass is 16.5. The molecule has 0 saturated carbocycles. The van der Waals surface area contributed by atoms with Crippen LogP contribution in [0.1, 0.15) is 15.9 Å². The Morgan fingerprint density at radius 1 is 1.15 bits per heavy atom. The Bertz CT molecular complexity index is 604. The van der Waals surface area contributed by atoms with Gasteiger partial charge in [-0.3, -0.25) is 0 Å². The molecule has 0 amide bonds. The molecule has 2 N–H and O–H groups in total. The highest BCUT2D eigenvalue weighted by Crippen LogP contribution is 2.25. The molecule has 0 aliphatic heterocycles. The van der Waals surface area contributed by atoms with Crippen molar-refractivity contribution in [3.05, 3.63) is 53.6 Å². The van der Waals surface area contributed by atoms with Gasteiger partial charge >= 0.3 is 5.97 Å². The van der Waals surface area contributed by atoms with Crippen LogP contribution in [0.5, 0.6) is 17.2 Å². The highest BCUT2D eigenvalue weighted by Gasteiger charge is 2.12. The van der Waals surface area contributed by atoms with Crippen LogP contribution in [0.15, 0.2) is 42.5 Å². The molecule has 20 heavy (non-hydrogen) atoms. The van der Waals surface area contributed by atoms with Gasteiger partial charge in [-0.25, -0.2) is 4.79 Å². The minimum atomic E-state index is -1.08. The van der Waals surface area contributed by atoms with Crippen molar-refractivity contribution in [3.63, 3.8) is 0 Å². The Hall–Kier alpha value is -2.69. The number of methoxy groups -OCH3 is 1. The number of benzene rings is 2. The lowest BCUT2D eigenvalue weighted by Crippen LogP contribution is -2.04. The summed E-state index contributed by atoms with van der Waals surface area (Å²) in [5.74, 6) is -0.181. The van der Waals surface area contributed by atoms with Gasteiger partial charge in [0.05, 0.1) is 7.11 Å². The second-order valence-corrected chi connectivity index (χ2v) is 4.12. The molecule has 0 heterocycles. The SMILES string of the molecule is COc1ccc(OCc2ccc(O)cc2)c(C(=O)O)c1. The van der Waals surface area contributed by atoms with E-state index in [1.165, 1.54) is 13.2 Å². The first-order valence-corrected chi connectivity index (χ1v) is 5.92. The van der Waals surface area contributed by atoms with E-state index < -0.39 is 5.97 Å². The van der Waals surface area contributed by atoms with E-state index in [1.807, 2.05) is 0 Å². The summed E-state index contributed by atoms with van der Waals surface area (Å²) >= 11 is 0. The third-order valence-corrected chi connectivity index (χ3v) is 2.75. The first-order valence-electron chi connectivity index (χ1n) is 5.92. The largest absolute Gasteiger partial charge is 0.508 e. The predicted octanol–water partition coefficient (Wildman–Crippen LogP) is 2.68. The Balaban J connectivity index is 2.16. The Labute approximate surface area is 116 Å². The van der Waals surface area contributed by atoms with E-state index in [9.17, 15) is 9.90 Å². The quantitative estimate of drug-likeness (QED) is 0.876. The predicted molar refractivity (Wildman–Crippen MR) is 72.4 cm³/mol. The van der Waals surface area contributed by atoms with Gasteiger partial charge < -0.3 is 19.7 Å². The molecule has 0 saturated heterocycles. The van der Waals surface area contributed by atoms with Crippen molar-refractivity contribution < 1.29 is 24.5 Å². The van der Waals surface area contributed by atoms with E-state index in [2.05, 4.69) is 0 Å². The third kappa shape index (κ3) is 3.20. The molecule has 0 atom stereocenters. The molecule has 0 radical (unpaired) electrons. The van der Waals surface area contributed by atoms with E-state index >= 15 is 0 Å². The van der Waals surface area contributed by atoms with Crippen molar-refractivity contribution in [2.24, 2.45) is 0 Å². The topological polar surface area (TPSA) is 76.0 Å². The Morgan fingerprint density at radius 2 is 1.85 bits per heavy atom. The summed E-state index contributed by atoms with van der Waals surface area (Å²) < 4.78 is 10.5. The van der Waals surface area contributed by atoms with Crippen molar-refractivity contribution >= 4 is 5.97 Å². The Kier molecular flexibility index (Phi) is 4.10. The number of carbonyl (C=O) groups is 1. The minimum absolute atomic E-state index is 0.0446. The van der Waals surface area contributed by atoms with E-state index in [0.717, 1.165) is 5.56 Å². The van der Waals surface area contributed by atoms with E-state index in [0.29, 0.717) is 5.75 Å². The molecule has 0 aliphatic rings. The standard InChI is InChI=1S/C15H14O5/c1-19-12-6-7-14(13(8-12)15(17)18)20-9-10-2-4-11(16)5-3-10/h2-8,16H,9H2,1H3,(H,17,18). The van der Waals surface area contributed by atoms with Gasteiger partial charge in [0.1, 0.15) is 29.4 Å². The minimum Gasteiger partial charge on any atom is -0.508 e. The molecule has 2 aromatic carbocycles. The molecule has 0 aromatic heterocycles. The van der Waals surface area contributed by atoms with E-state index in [-0.39, 0.29) is 23.7 Å². The Morgan fingerprint density at radius 3 is 2.45 bits per heavy atom. The van der Waals surface area contributed by atoms with Crippen LogP contribution in [0.2, 0.25) is 0 Å². The molecular formula is C15H14O5. The zero-order valence-electron chi connectivity index (χ0n) is 10.9. The number of carboxylic acids is 1. The summed E-state index contributed by atoms with van der Waals surface area (Å²) in [7, 11) is 1.47. The van der Waals surface area contributed by atoms with Crippen LogP contribution >= 0.6 is 0 Å². The number of hydrogen-bond acceptors (Lipinski definition) is 4. The molecule has 0 aliphatic carbocycles. The van der Waals surface area contributed by atoms with Gasteiger partial charge in [0.25, 0.3) is 0 Å². The number of rotatable bonds is 5. The van der Waals surface area contributed by atoms with Crippen molar-refractivity contribution in [1.82, 2.24) is 0 Å². The summed E-state index contributed by atoms with van der Waals surface area (Å²) in [6, 6.07) is 11.1. The van der Waals surface area contributed by atoms with Gasteiger partial charge in [-0.15, -0.1) is 0 Å². The number of phenols is 1. The van der Waals surface area contributed by atoms with Gasteiger partial charge in [-0.1, -0.05) is 12.1 Å². The zero-order valence-corrected chi connectivity index (χ0v) is 10.9. The van der Waals surface area contributed by atoms with Crippen LogP contribution < -0.4 is 9.47 Å². The average Bonchev–Trinajstić information content (AvgIpc) is 2.46. The van der Waals surface area contributed by atoms with Gasteiger partial charge in [0.2, 0.25) is 0 Å². The van der Waals surface area contributed by atoms with Crippen molar-refractivity contribution in [1.29, 1.82) is 0 Å². The number of aromatic carboxylic acids is 1. The monoisotopic (exact) mass is 274 g/mol. The van der Waals surface area contributed by atoms with E-state index in [1.54, 1.807) is 36.4 Å². The van der Waals surface area contributed by atoms with Gasteiger partial charge in [0, 0.05) is 0 Å². The lowest BCUT2D eigenvalue weighted by Gasteiger charge is -2.10. The summed E-state index contributed by atoms with van der Waals surface area (Å²) in [6.07, 6.45) is 0. The van der Waals surface area contributed by atoms with Gasteiger partial charge in [0.15, 0.2) is 0 Å². The molecule has 104 valence electrons. The number of phenolic OH excluding ortho intramolecular Hbond substituents is 1. The lowest BCUT2D eigenvalue weighted by molar-refractivity contribution is 0.0691. The zero-order chi connectivity index (χ0) is 14.5. The molecule has 5 heteroatoms. The molecule has 2 aromatic rings. The van der Waals surface area contributed by atoms with Crippen LogP contribution in [0.3, 0.4) is 0 Å². The summed E-state index contributed by atoms with van der Waals surface area (Å²) in [4.78, 5) is 11.2. The van der Waals surface area contributed by atoms with Crippen LogP contribution in [0, 0.1) is 0 Å². The fourth-order valence-corrected chi connectivity index (χ4v) is 1.68. The van der Waals surface area contributed by atoms with Gasteiger partial charge in [-0.2, -0.15) is 0 Å². The average molecular weight is 274 g/mol. The smallest absolute Gasteiger partial charge is 0.339 e. The number of carboxylic acid groups (broad SMARTS) is 1. The maximum Gasteiger partial charge on any atom is 0.339 e. The fraction of sp³-hybridized carbons (Fsp3) is 0.133. The molecular weight excluding hydrogens is 260 g/mol. The van der Waals surface area contributed by atoms with Gasteiger partial charge in [-0.05, 0) is 35.9 Å². The maximum absolute atomic E-state index is 11.2. The van der Waals surface area contributed by atoms with Crippen molar-refractivity contribution in [3.8, 4) is 17.2 Å². The van der Waals surface area contributed by atoms with Crippen LogP contribution in [-0.4, -0.2) is 23.3 Å². The lowest BCUT2D eigenvalue weighted by atomic mass is 10.2. The summed E-state index contributed by atoms with van der Waals surface area (Å²) in [6.45, 7) is 0.215. The second-order valence-electron chi connectivity index (χ2n) is 4.12. The summed E-state index contributed by atoms with van der Waals surface area (Å²) in [5, 5.41) is 18.3. The maximum atomic E-state index is 11.2. The van der Waals surface area contributed by atoms with Crippen LogP contribution in [0.25, 0.3) is 0 Å². The molecule has 0 spiro atoms. The molecule has 5 nitrogen and oxygen atoms in total. The first kappa shape index (κ1) is 13.7. The third-order valence-electron chi connectivity index (χ3n) is 2.75. The molecule has 0 bridgehead atoms. The van der Waals surface area contributed by atoms with E-state index in [4.69, 9.17) is 14.6 Å². The van der Waals surface area contributed by atoms with Crippen LogP contribution in [-0.2, 0) is 6.61 Å². The normalized spacial score (nSPS) is 10.1. The molecule has 0 fully saturated rings. The highest BCUT2D eigenvalue weighted by molar-refractivity contribution is 5.91. The number of aromatic hydroxyl groups is 1. The first-order chi connectivity index (χ1) is 9.60. The van der Waals surface area contributed by atoms with Crippen molar-refractivity contribution in [2.75, 3.05) is 7.11 Å². The fourth-order valence-electron chi connectivity index (χ4n) is 1.68. The second kappa shape index (κ2) is 5.97. The molecule has 0 unspecified atom stereocenters. The van der Waals surface area contributed by atoms with Crippen molar-refractivity contribution in [2.45, 2.75) is 6.61 Å². The molecule has 2 rings (SSSR count). The van der Waals surface area contributed by atoms with Crippen LogP contribution in [0.4, 0.5) is 0 Å². The number of ether oxygens (including phenoxy) is 2. The summed E-state index contributed by atoms with van der Waals surface area (Å²) in [5.41, 5.74) is 0.873. The number of hydrogen-bond donors (Lipinski definition) is 2.